The molecule has 0 saturated carbocycles. The van der Waals surface area contributed by atoms with Gasteiger partial charge in [-0.1, -0.05) is 6.92 Å². The monoisotopic (exact) mass is 321 g/mol. The second-order valence-corrected chi connectivity index (χ2v) is 4.19. The minimum atomic E-state index is -0.0511. The molecule has 6 heteroatoms. The summed E-state index contributed by atoms with van der Waals surface area (Å²) in [6.07, 6.45) is 2.84. The number of nitrogens with zero attached hydrogens (tertiary/aromatic N) is 2. The average Bonchev–Trinajstić information content (AvgIpc) is 2.10. The zero-order chi connectivity index (χ0) is 10.6. The summed E-state index contributed by atoms with van der Waals surface area (Å²) in [5, 5.41) is 2.66. The molecule has 0 bridgehead atoms. The third kappa shape index (κ3) is 3.34. The zero-order valence-corrected chi connectivity index (χ0v) is 10.7. The van der Waals surface area contributed by atoms with Crippen molar-refractivity contribution in [3.8, 4) is 0 Å². The van der Waals surface area contributed by atoms with Crippen LogP contribution >= 0.6 is 31.9 Å². The van der Waals surface area contributed by atoms with E-state index in [-0.39, 0.29) is 5.91 Å². The number of amides is 1. The molecule has 0 spiro atoms. The number of hydrogen-bond donors (Lipinski definition) is 1. The van der Waals surface area contributed by atoms with Gasteiger partial charge >= 0.3 is 0 Å². The summed E-state index contributed by atoms with van der Waals surface area (Å²) in [6, 6.07) is 0. The number of nitrogens with one attached hydrogen (secondary N) is 1. The molecule has 4 nitrogen and oxygen atoms in total. The molecule has 1 heterocycles. The van der Waals surface area contributed by atoms with Gasteiger partial charge in [-0.15, -0.1) is 0 Å². The van der Waals surface area contributed by atoms with E-state index in [0.29, 0.717) is 21.4 Å². The molecule has 0 aliphatic rings. The summed E-state index contributed by atoms with van der Waals surface area (Å²) >= 11 is 6.39. The van der Waals surface area contributed by atoms with Gasteiger partial charge in [-0.3, -0.25) is 4.79 Å². The number of halogens is 2. The Kier molecular flexibility index (Phi) is 4.47. The van der Waals surface area contributed by atoms with Crippen molar-refractivity contribution in [3.63, 3.8) is 0 Å². The lowest BCUT2D eigenvalue weighted by molar-refractivity contribution is -0.116. The van der Waals surface area contributed by atoms with Crippen molar-refractivity contribution in [2.24, 2.45) is 0 Å². The highest BCUT2D eigenvalue weighted by Gasteiger charge is 2.07. The predicted octanol–water partition coefficient (Wildman–Crippen LogP) is 2.74. The van der Waals surface area contributed by atoms with E-state index >= 15 is 0 Å². The molecule has 0 aliphatic carbocycles. The van der Waals surface area contributed by atoms with Crippen LogP contribution in [0.3, 0.4) is 0 Å². The summed E-state index contributed by atoms with van der Waals surface area (Å²) in [4.78, 5) is 19.3. The summed E-state index contributed by atoms with van der Waals surface area (Å²) in [6.45, 7) is 1.95. The lowest BCUT2D eigenvalue weighted by Gasteiger charge is -2.04. The number of carbonyl (C=O) groups is 1. The Balaban J connectivity index is 2.72. The normalized spacial score (nSPS) is 9.93. The Hall–Kier alpha value is -0.490. The summed E-state index contributed by atoms with van der Waals surface area (Å²) in [5.74, 6) is 0.400. The van der Waals surface area contributed by atoms with Crippen molar-refractivity contribution in [2.75, 3.05) is 5.32 Å². The number of rotatable bonds is 3. The molecule has 0 unspecified atom stereocenters. The highest BCUT2D eigenvalue weighted by molar-refractivity contribution is 9.11. The topological polar surface area (TPSA) is 54.9 Å². The van der Waals surface area contributed by atoms with Gasteiger partial charge in [-0.2, -0.15) is 0 Å². The van der Waals surface area contributed by atoms with Gasteiger partial charge in [0.2, 0.25) is 5.91 Å². The number of carbonyl (C=O) groups excluding carboxylic acids is 1. The Morgan fingerprint density at radius 2 is 2.29 bits per heavy atom. The van der Waals surface area contributed by atoms with E-state index in [1.807, 2.05) is 6.92 Å². The molecule has 1 aromatic rings. The Morgan fingerprint density at radius 3 is 2.86 bits per heavy atom. The molecule has 0 saturated heterocycles. The molecule has 0 atom stereocenters. The smallest absolute Gasteiger partial charge is 0.225 e. The Morgan fingerprint density at radius 1 is 1.57 bits per heavy atom. The van der Waals surface area contributed by atoms with Gasteiger partial charge in [0.05, 0.1) is 6.20 Å². The van der Waals surface area contributed by atoms with E-state index < -0.39 is 0 Å². The van der Waals surface area contributed by atoms with Gasteiger partial charge in [-0.05, 0) is 38.3 Å². The van der Waals surface area contributed by atoms with Gasteiger partial charge in [0, 0.05) is 6.42 Å². The Labute approximate surface area is 98.8 Å². The van der Waals surface area contributed by atoms with E-state index in [9.17, 15) is 4.79 Å². The van der Waals surface area contributed by atoms with Crippen LogP contribution < -0.4 is 5.32 Å². The van der Waals surface area contributed by atoms with Crippen LogP contribution in [0, 0.1) is 0 Å². The molecule has 1 amide bonds. The third-order valence-electron chi connectivity index (χ3n) is 1.44. The molecule has 0 aliphatic heterocycles. The van der Waals surface area contributed by atoms with E-state index in [1.165, 1.54) is 6.20 Å². The van der Waals surface area contributed by atoms with E-state index in [1.54, 1.807) is 0 Å². The molecule has 0 fully saturated rings. The molecule has 1 rings (SSSR count). The quantitative estimate of drug-likeness (QED) is 0.931. The van der Waals surface area contributed by atoms with Crippen molar-refractivity contribution in [1.82, 2.24) is 9.97 Å². The van der Waals surface area contributed by atoms with Gasteiger partial charge in [0.1, 0.15) is 9.21 Å². The summed E-state index contributed by atoms with van der Waals surface area (Å²) < 4.78 is 1.15. The first-order chi connectivity index (χ1) is 6.63. The maximum Gasteiger partial charge on any atom is 0.225 e. The molecule has 1 N–H and O–H groups in total. The van der Waals surface area contributed by atoms with E-state index in [4.69, 9.17) is 0 Å². The summed E-state index contributed by atoms with van der Waals surface area (Å²) in [7, 11) is 0. The highest BCUT2D eigenvalue weighted by Crippen LogP contribution is 2.19. The number of hydrogen-bond acceptors (Lipinski definition) is 3. The fourth-order valence-corrected chi connectivity index (χ4v) is 1.76. The maximum atomic E-state index is 11.2. The molecular formula is C8H9Br2N3O. The van der Waals surface area contributed by atoms with E-state index in [0.717, 1.165) is 6.42 Å². The van der Waals surface area contributed by atoms with Crippen molar-refractivity contribution in [1.29, 1.82) is 0 Å². The molecule has 0 radical (unpaired) electrons. The van der Waals surface area contributed by atoms with Crippen LogP contribution in [-0.2, 0) is 4.79 Å². The lowest BCUT2D eigenvalue weighted by Crippen LogP contribution is -2.12. The Bertz CT molecular complexity index is 343. The minimum absolute atomic E-state index is 0.0511. The minimum Gasteiger partial charge on any atom is -0.308 e. The van der Waals surface area contributed by atoms with Crippen LogP contribution in [0.25, 0.3) is 0 Å². The zero-order valence-electron chi connectivity index (χ0n) is 7.55. The fraction of sp³-hybridized carbons (Fsp3) is 0.375. The van der Waals surface area contributed by atoms with Crippen molar-refractivity contribution >= 4 is 43.6 Å². The van der Waals surface area contributed by atoms with Crippen LogP contribution in [0.2, 0.25) is 0 Å². The van der Waals surface area contributed by atoms with Crippen LogP contribution in [-0.4, -0.2) is 15.9 Å². The van der Waals surface area contributed by atoms with Crippen LogP contribution in [0.1, 0.15) is 19.8 Å². The molecule has 76 valence electrons. The third-order valence-corrected chi connectivity index (χ3v) is 2.37. The van der Waals surface area contributed by atoms with Crippen molar-refractivity contribution in [2.45, 2.75) is 19.8 Å². The average molecular weight is 323 g/mol. The second-order valence-electron chi connectivity index (χ2n) is 2.63. The largest absolute Gasteiger partial charge is 0.308 e. The molecule has 14 heavy (non-hydrogen) atoms. The van der Waals surface area contributed by atoms with Crippen LogP contribution in [0.4, 0.5) is 5.82 Å². The van der Waals surface area contributed by atoms with Gasteiger partial charge in [0.15, 0.2) is 5.82 Å². The predicted molar refractivity (Wildman–Crippen MR) is 61.0 cm³/mol. The second kappa shape index (κ2) is 5.41. The van der Waals surface area contributed by atoms with Gasteiger partial charge in [0.25, 0.3) is 0 Å². The first kappa shape index (κ1) is 11.6. The standard InChI is InChI=1S/C8H9Br2N3O/c1-2-3-6(14)13-8-7(10)12-5(9)4-11-8/h4H,2-3H2,1H3,(H,11,13,14). The number of anilines is 1. The van der Waals surface area contributed by atoms with E-state index in [2.05, 4.69) is 47.1 Å². The van der Waals surface area contributed by atoms with Crippen molar-refractivity contribution < 1.29 is 4.79 Å². The number of aromatic nitrogens is 2. The van der Waals surface area contributed by atoms with Gasteiger partial charge in [-0.25, -0.2) is 9.97 Å². The molecular weight excluding hydrogens is 314 g/mol. The highest BCUT2D eigenvalue weighted by atomic mass is 79.9. The fourth-order valence-electron chi connectivity index (χ4n) is 0.852. The maximum absolute atomic E-state index is 11.2. The SMILES string of the molecule is CCCC(=O)Nc1ncc(Br)nc1Br. The molecule has 0 aromatic carbocycles. The van der Waals surface area contributed by atoms with Gasteiger partial charge < -0.3 is 5.32 Å². The van der Waals surface area contributed by atoms with Crippen molar-refractivity contribution in [3.05, 3.63) is 15.4 Å². The lowest BCUT2D eigenvalue weighted by atomic mass is 10.3. The van der Waals surface area contributed by atoms with Crippen LogP contribution in [0.15, 0.2) is 15.4 Å². The first-order valence-corrected chi connectivity index (χ1v) is 5.70. The first-order valence-electron chi connectivity index (χ1n) is 4.11. The summed E-state index contributed by atoms with van der Waals surface area (Å²) in [5.41, 5.74) is 0. The molecule has 1 aromatic heterocycles. The van der Waals surface area contributed by atoms with Crippen LogP contribution in [0.5, 0.6) is 0 Å².